The fourth-order valence-electron chi connectivity index (χ4n) is 0.790. The fourth-order valence-corrected chi connectivity index (χ4v) is 1.28. The number of hydrogen-bond acceptors (Lipinski definition) is 2. The standard InChI is InChI=1S/C10H12BrClN2/c1-10(2,3)14-5-7-4-9(12)13-6-8(7)11/h4-6H,1-3H3. The van der Waals surface area contributed by atoms with Crippen molar-refractivity contribution in [3.05, 3.63) is 27.5 Å². The number of rotatable bonds is 1. The largest absolute Gasteiger partial charge is 0.287 e. The highest BCUT2D eigenvalue weighted by Gasteiger charge is 2.06. The molecule has 0 N–H and O–H groups in total. The molecule has 0 unspecified atom stereocenters. The van der Waals surface area contributed by atoms with Crippen LogP contribution in [0.3, 0.4) is 0 Å². The average molecular weight is 276 g/mol. The Morgan fingerprint density at radius 1 is 1.50 bits per heavy atom. The lowest BCUT2D eigenvalue weighted by molar-refractivity contribution is 0.586. The summed E-state index contributed by atoms with van der Waals surface area (Å²) in [6.07, 6.45) is 3.48. The predicted octanol–water partition coefficient (Wildman–Crippen LogP) is 3.71. The highest BCUT2D eigenvalue weighted by molar-refractivity contribution is 9.10. The molecule has 1 rings (SSSR count). The van der Waals surface area contributed by atoms with Gasteiger partial charge in [-0.2, -0.15) is 0 Å². The molecule has 0 saturated carbocycles. The summed E-state index contributed by atoms with van der Waals surface area (Å²) in [6, 6.07) is 1.78. The summed E-state index contributed by atoms with van der Waals surface area (Å²) in [5.41, 5.74) is 0.870. The first-order valence-corrected chi connectivity index (χ1v) is 5.42. The van der Waals surface area contributed by atoms with Crippen LogP contribution in [0.2, 0.25) is 5.15 Å². The van der Waals surface area contributed by atoms with Gasteiger partial charge in [-0.25, -0.2) is 4.98 Å². The summed E-state index contributed by atoms with van der Waals surface area (Å²) in [5.74, 6) is 0. The van der Waals surface area contributed by atoms with E-state index in [0.717, 1.165) is 10.0 Å². The normalized spacial score (nSPS) is 12.4. The van der Waals surface area contributed by atoms with E-state index in [0.29, 0.717) is 5.15 Å². The van der Waals surface area contributed by atoms with Crippen LogP contribution < -0.4 is 0 Å². The van der Waals surface area contributed by atoms with E-state index in [9.17, 15) is 0 Å². The number of pyridine rings is 1. The Hall–Kier alpha value is -0.410. The molecule has 4 heteroatoms. The molecule has 0 atom stereocenters. The second kappa shape index (κ2) is 4.41. The summed E-state index contributed by atoms with van der Waals surface area (Å²) in [4.78, 5) is 8.33. The van der Waals surface area contributed by atoms with E-state index in [1.54, 1.807) is 18.5 Å². The zero-order chi connectivity index (χ0) is 10.8. The van der Waals surface area contributed by atoms with Gasteiger partial charge in [0.25, 0.3) is 0 Å². The number of hydrogen-bond donors (Lipinski definition) is 0. The van der Waals surface area contributed by atoms with E-state index in [1.165, 1.54) is 0 Å². The first-order valence-electron chi connectivity index (χ1n) is 4.25. The van der Waals surface area contributed by atoms with Crippen molar-refractivity contribution in [1.29, 1.82) is 0 Å². The van der Waals surface area contributed by atoms with E-state index in [2.05, 4.69) is 25.9 Å². The van der Waals surface area contributed by atoms with Gasteiger partial charge in [0.05, 0.1) is 5.54 Å². The quantitative estimate of drug-likeness (QED) is 0.566. The van der Waals surface area contributed by atoms with Gasteiger partial charge >= 0.3 is 0 Å². The van der Waals surface area contributed by atoms with Crippen molar-refractivity contribution in [2.75, 3.05) is 0 Å². The zero-order valence-electron chi connectivity index (χ0n) is 8.38. The van der Waals surface area contributed by atoms with Gasteiger partial charge in [0, 0.05) is 22.4 Å². The smallest absolute Gasteiger partial charge is 0.129 e. The van der Waals surface area contributed by atoms with Crippen molar-refractivity contribution in [3.8, 4) is 0 Å². The molecule has 0 radical (unpaired) electrons. The van der Waals surface area contributed by atoms with Crippen molar-refractivity contribution in [3.63, 3.8) is 0 Å². The summed E-state index contributed by atoms with van der Waals surface area (Å²) in [5, 5.41) is 0.476. The van der Waals surface area contributed by atoms with Crippen LogP contribution in [-0.2, 0) is 0 Å². The molecule has 0 aliphatic rings. The van der Waals surface area contributed by atoms with E-state index >= 15 is 0 Å². The number of aromatic nitrogens is 1. The fraction of sp³-hybridized carbons (Fsp3) is 0.400. The molecule has 76 valence electrons. The van der Waals surface area contributed by atoms with Crippen LogP contribution in [0.25, 0.3) is 0 Å². The van der Waals surface area contributed by atoms with Crippen molar-refractivity contribution in [2.24, 2.45) is 4.99 Å². The monoisotopic (exact) mass is 274 g/mol. The lowest BCUT2D eigenvalue weighted by atomic mass is 10.1. The van der Waals surface area contributed by atoms with Gasteiger partial charge in [0.1, 0.15) is 5.15 Å². The van der Waals surface area contributed by atoms with Crippen LogP contribution >= 0.6 is 27.5 Å². The molecule has 1 heterocycles. The highest BCUT2D eigenvalue weighted by atomic mass is 79.9. The molecule has 2 nitrogen and oxygen atoms in total. The Morgan fingerprint density at radius 2 is 2.14 bits per heavy atom. The third-order valence-corrected chi connectivity index (χ3v) is 2.31. The third-order valence-electron chi connectivity index (χ3n) is 1.44. The predicted molar refractivity (Wildman–Crippen MR) is 64.3 cm³/mol. The lowest BCUT2D eigenvalue weighted by Gasteiger charge is -2.11. The molecule has 0 bridgehead atoms. The molecule has 1 aromatic heterocycles. The summed E-state index contributed by atoms with van der Waals surface area (Å²) in [6.45, 7) is 6.13. The van der Waals surface area contributed by atoms with E-state index in [4.69, 9.17) is 11.6 Å². The average Bonchev–Trinajstić information content (AvgIpc) is 2.05. The minimum atomic E-state index is -0.0742. The van der Waals surface area contributed by atoms with Crippen molar-refractivity contribution in [2.45, 2.75) is 26.3 Å². The van der Waals surface area contributed by atoms with E-state index in [-0.39, 0.29) is 5.54 Å². The Kier molecular flexibility index (Phi) is 3.67. The van der Waals surface area contributed by atoms with Crippen molar-refractivity contribution >= 4 is 33.7 Å². The topological polar surface area (TPSA) is 25.2 Å². The molecule has 0 saturated heterocycles. The minimum absolute atomic E-state index is 0.0742. The maximum Gasteiger partial charge on any atom is 0.129 e. The SMILES string of the molecule is CC(C)(C)N=Cc1cc(Cl)ncc1Br. The van der Waals surface area contributed by atoms with Gasteiger partial charge < -0.3 is 0 Å². The van der Waals surface area contributed by atoms with Crippen LogP contribution in [0.4, 0.5) is 0 Å². The Balaban J connectivity index is 2.97. The highest BCUT2D eigenvalue weighted by Crippen LogP contribution is 2.17. The van der Waals surface area contributed by atoms with Gasteiger partial charge in [0.2, 0.25) is 0 Å². The molecule has 0 fully saturated rings. The number of halogens is 2. The third kappa shape index (κ3) is 3.76. The first-order chi connectivity index (χ1) is 6.38. The molecule has 0 aromatic carbocycles. The maximum atomic E-state index is 5.77. The van der Waals surface area contributed by atoms with Crippen LogP contribution in [-0.4, -0.2) is 16.7 Å². The van der Waals surface area contributed by atoms with E-state index < -0.39 is 0 Å². The number of aliphatic imine (C=N–C) groups is 1. The van der Waals surface area contributed by atoms with Gasteiger partial charge in [-0.3, -0.25) is 4.99 Å². The maximum absolute atomic E-state index is 5.77. The van der Waals surface area contributed by atoms with Crippen molar-refractivity contribution < 1.29 is 0 Å². The Morgan fingerprint density at radius 3 is 2.71 bits per heavy atom. The molecule has 14 heavy (non-hydrogen) atoms. The first kappa shape index (κ1) is 11.7. The molecule has 0 aliphatic heterocycles. The summed E-state index contributed by atoms with van der Waals surface area (Å²) in [7, 11) is 0. The molecule has 0 aliphatic carbocycles. The van der Waals surface area contributed by atoms with Crippen molar-refractivity contribution in [1.82, 2.24) is 4.98 Å². The second-order valence-corrected chi connectivity index (χ2v) is 5.20. The second-order valence-electron chi connectivity index (χ2n) is 3.96. The molecule has 0 spiro atoms. The lowest BCUT2D eigenvalue weighted by Crippen LogP contribution is -2.09. The van der Waals surface area contributed by atoms with Crippen LogP contribution in [0.15, 0.2) is 21.7 Å². The van der Waals surface area contributed by atoms with Gasteiger partial charge in [-0.15, -0.1) is 0 Å². The summed E-state index contributed by atoms with van der Waals surface area (Å²) < 4.78 is 0.898. The molecule has 1 aromatic rings. The van der Waals surface area contributed by atoms with Gasteiger partial charge in [0.15, 0.2) is 0 Å². The molecule has 0 amide bonds. The summed E-state index contributed by atoms with van der Waals surface area (Å²) >= 11 is 9.16. The Labute approximate surface area is 97.5 Å². The van der Waals surface area contributed by atoms with Crippen LogP contribution in [0.5, 0.6) is 0 Å². The Bertz CT molecular complexity index is 356. The van der Waals surface area contributed by atoms with Crippen LogP contribution in [0.1, 0.15) is 26.3 Å². The van der Waals surface area contributed by atoms with Crippen LogP contribution in [0, 0.1) is 0 Å². The molecular weight excluding hydrogens is 263 g/mol. The number of nitrogens with zero attached hydrogens (tertiary/aromatic N) is 2. The van der Waals surface area contributed by atoms with E-state index in [1.807, 2.05) is 20.8 Å². The zero-order valence-corrected chi connectivity index (χ0v) is 10.7. The van der Waals surface area contributed by atoms with Gasteiger partial charge in [-0.05, 0) is 42.8 Å². The molecular formula is C10H12BrClN2. The van der Waals surface area contributed by atoms with Gasteiger partial charge in [-0.1, -0.05) is 11.6 Å². The minimum Gasteiger partial charge on any atom is -0.287 e.